The Balaban J connectivity index is 1.06. The molecule has 3 N–H and O–H groups in total. The van der Waals surface area contributed by atoms with Crippen LogP contribution in [0.1, 0.15) is 39.9 Å². The number of amides is 1. The molecule has 0 radical (unpaired) electrons. The molecule has 1 fully saturated rings. The molecule has 5 rings (SSSR count). The summed E-state index contributed by atoms with van der Waals surface area (Å²) < 4.78 is 44.3. The Labute approximate surface area is 258 Å². The molecule has 0 unspecified atom stereocenters. The van der Waals surface area contributed by atoms with E-state index in [1.807, 2.05) is 37.3 Å². The Bertz CT molecular complexity index is 1670. The van der Waals surface area contributed by atoms with E-state index >= 15 is 0 Å². The zero-order valence-electron chi connectivity index (χ0n) is 24.8. The van der Waals surface area contributed by atoms with E-state index in [2.05, 4.69) is 32.4 Å². The molecular weight excluding hydrogens is 579 g/mol. The number of likely N-dealkylation sites (tertiary alicyclic amines) is 1. The minimum atomic E-state index is -3.32. The first-order valence-corrected chi connectivity index (χ1v) is 16.5. The van der Waals surface area contributed by atoms with Crippen molar-refractivity contribution in [1.82, 2.24) is 10.2 Å². The molecule has 0 atom stereocenters. The predicted octanol–water partition coefficient (Wildman–Crippen LogP) is 6.30. The van der Waals surface area contributed by atoms with Crippen molar-refractivity contribution in [3.8, 4) is 11.5 Å². The van der Waals surface area contributed by atoms with Gasteiger partial charge >= 0.3 is 0 Å². The number of halogens is 1. The van der Waals surface area contributed by atoms with E-state index in [0.717, 1.165) is 49.9 Å². The Morgan fingerprint density at radius 2 is 1.50 bits per heavy atom. The molecule has 0 spiro atoms. The van der Waals surface area contributed by atoms with Crippen molar-refractivity contribution in [2.45, 2.75) is 38.9 Å². The maximum Gasteiger partial charge on any atom is 0.255 e. The molecule has 0 bridgehead atoms. The monoisotopic (exact) mass is 616 g/mol. The largest absolute Gasteiger partial charge is 0.457 e. The Hall–Kier alpha value is -4.25. The number of hydrogen-bond acceptors (Lipinski definition) is 6. The number of ether oxygens (including phenoxy) is 1. The van der Waals surface area contributed by atoms with Crippen LogP contribution in [0, 0.1) is 12.7 Å². The van der Waals surface area contributed by atoms with Crippen molar-refractivity contribution in [2.75, 3.05) is 29.4 Å². The van der Waals surface area contributed by atoms with Gasteiger partial charge in [-0.25, -0.2) is 12.8 Å². The number of hydrogen-bond donors (Lipinski definition) is 3. The minimum absolute atomic E-state index is 0.206. The van der Waals surface area contributed by atoms with Gasteiger partial charge in [-0.3, -0.25) is 14.4 Å². The molecule has 1 aliphatic heterocycles. The van der Waals surface area contributed by atoms with Gasteiger partial charge in [0.2, 0.25) is 10.0 Å². The lowest BCUT2D eigenvalue weighted by Crippen LogP contribution is -2.41. The molecule has 0 aromatic heterocycles. The number of carbonyl (C=O) groups excluding carboxylic acids is 1. The number of rotatable bonds is 11. The Kier molecular flexibility index (Phi) is 9.94. The second-order valence-electron chi connectivity index (χ2n) is 11.1. The van der Waals surface area contributed by atoms with Crippen molar-refractivity contribution in [1.29, 1.82) is 0 Å². The fourth-order valence-electron chi connectivity index (χ4n) is 5.26. The van der Waals surface area contributed by atoms with Crippen molar-refractivity contribution in [3.63, 3.8) is 0 Å². The predicted molar refractivity (Wildman–Crippen MR) is 172 cm³/mol. The molecule has 0 saturated carbocycles. The van der Waals surface area contributed by atoms with Crippen LogP contribution < -0.4 is 20.1 Å². The van der Waals surface area contributed by atoms with Gasteiger partial charge < -0.3 is 15.4 Å². The number of nitrogens with zero attached hydrogens (tertiary/aromatic N) is 1. The number of carbonyl (C=O) groups is 1. The Morgan fingerprint density at radius 3 is 2.14 bits per heavy atom. The van der Waals surface area contributed by atoms with Gasteiger partial charge in [0, 0.05) is 36.1 Å². The zero-order chi connectivity index (χ0) is 31.1. The summed E-state index contributed by atoms with van der Waals surface area (Å²) in [6.07, 6.45) is 3.19. The highest BCUT2D eigenvalue weighted by Gasteiger charge is 2.20. The van der Waals surface area contributed by atoms with Gasteiger partial charge in [0.25, 0.3) is 5.91 Å². The third-order valence-electron chi connectivity index (χ3n) is 7.68. The van der Waals surface area contributed by atoms with E-state index in [-0.39, 0.29) is 11.7 Å². The normalized spacial score (nSPS) is 14.2. The molecule has 44 heavy (non-hydrogen) atoms. The van der Waals surface area contributed by atoms with Crippen molar-refractivity contribution in [3.05, 3.63) is 119 Å². The van der Waals surface area contributed by atoms with Crippen molar-refractivity contribution in [2.24, 2.45) is 0 Å². The summed E-state index contributed by atoms with van der Waals surface area (Å²) in [4.78, 5) is 15.3. The molecule has 4 aromatic carbocycles. The smallest absolute Gasteiger partial charge is 0.255 e. The SMILES string of the molecule is Cc1c(CNC2CCN(Cc3ccc(Oc4ccc(NS(C)(=O)=O)cc4)cc3)CC2)cccc1C(=O)Nc1ccc(F)cc1. The van der Waals surface area contributed by atoms with Crippen LogP contribution in [-0.2, 0) is 23.1 Å². The van der Waals surface area contributed by atoms with Crippen LogP contribution in [0.15, 0.2) is 91.0 Å². The summed E-state index contributed by atoms with van der Waals surface area (Å²) in [6, 6.07) is 26.7. The van der Waals surface area contributed by atoms with Crippen LogP contribution in [0.2, 0.25) is 0 Å². The van der Waals surface area contributed by atoms with Crippen LogP contribution in [0.5, 0.6) is 11.5 Å². The average Bonchev–Trinajstić information content (AvgIpc) is 3.00. The van der Waals surface area contributed by atoms with Gasteiger partial charge in [0.15, 0.2) is 0 Å². The number of benzene rings is 4. The van der Waals surface area contributed by atoms with Crippen LogP contribution in [0.3, 0.4) is 0 Å². The molecule has 1 heterocycles. The van der Waals surface area contributed by atoms with Crippen molar-refractivity contribution < 1.29 is 22.3 Å². The molecular formula is C34H37FN4O4S. The standard InChI is InChI=1S/C34H37FN4O4S/c1-24-26(4-3-5-33(24)34(40)37-29-10-8-27(35)9-11-29)22-36-28-18-20-39(21-19-28)23-25-6-14-31(15-7-25)43-32-16-12-30(13-17-32)38-44(2,41)42/h3-17,28,36,38H,18-23H2,1-2H3,(H,37,40). The van der Waals surface area contributed by atoms with E-state index in [4.69, 9.17) is 4.74 Å². The second kappa shape index (κ2) is 14.0. The minimum Gasteiger partial charge on any atom is -0.457 e. The average molecular weight is 617 g/mol. The lowest BCUT2D eigenvalue weighted by Gasteiger charge is -2.32. The van der Waals surface area contributed by atoms with Gasteiger partial charge in [0.05, 0.1) is 6.26 Å². The summed E-state index contributed by atoms with van der Waals surface area (Å²) in [5.41, 5.74) is 4.89. The van der Waals surface area contributed by atoms with E-state index < -0.39 is 10.0 Å². The quantitative estimate of drug-likeness (QED) is 0.183. The maximum atomic E-state index is 13.2. The zero-order valence-corrected chi connectivity index (χ0v) is 25.7. The van der Waals surface area contributed by atoms with Crippen LogP contribution in [-0.4, -0.2) is 44.6 Å². The molecule has 10 heteroatoms. The van der Waals surface area contributed by atoms with E-state index in [9.17, 15) is 17.6 Å². The number of anilines is 2. The topological polar surface area (TPSA) is 99.8 Å². The van der Waals surface area contributed by atoms with Crippen LogP contribution >= 0.6 is 0 Å². The van der Waals surface area contributed by atoms with E-state index in [1.165, 1.54) is 17.7 Å². The van der Waals surface area contributed by atoms with Gasteiger partial charge in [-0.1, -0.05) is 24.3 Å². The summed E-state index contributed by atoms with van der Waals surface area (Å²) in [6.45, 7) is 5.49. The first-order chi connectivity index (χ1) is 21.1. The lowest BCUT2D eigenvalue weighted by atomic mass is 10.00. The summed E-state index contributed by atoms with van der Waals surface area (Å²) in [5, 5.41) is 6.53. The van der Waals surface area contributed by atoms with E-state index in [0.29, 0.717) is 41.0 Å². The molecule has 230 valence electrons. The van der Waals surface area contributed by atoms with Gasteiger partial charge in [-0.2, -0.15) is 0 Å². The summed E-state index contributed by atoms with van der Waals surface area (Å²) >= 11 is 0. The molecule has 0 aliphatic carbocycles. The van der Waals surface area contributed by atoms with Crippen molar-refractivity contribution >= 4 is 27.3 Å². The van der Waals surface area contributed by atoms with E-state index in [1.54, 1.807) is 36.4 Å². The molecule has 1 saturated heterocycles. The lowest BCUT2D eigenvalue weighted by molar-refractivity contribution is 0.102. The number of piperidine rings is 1. The maximum absolute atomic E-state index is 13.2. The highest BCUT2D eigenvalue weighted by molar-refractivity contribution is 7.92. The molecule has 1 amide bonds. The van der Waals surface area contributed by atoms with Crippen LogP contribution in [0.4, 0.5) is 15.8 Å². The van der Waals surface area contributed by atoms with Gasteiger partial charge in [-0.15, -0.1) is 0 Å². The highest BCUT2D eigenvalue weighted by Crippen LogP contribution is 2.25. The van der Waals surface area contributed by atoms with Crippen LogP contribution in [0.25, 0.3) is 0 Å². The number of nitrogens with one attached hydrogen (secondary N) is 3. The summed E-state index contributed by atoms with van der Waals surface area (Å²) in [7, 11) is -3.32. The molecule has 1 aliphatic rings. The van der Waals surface area contributed by atoms with Gasteiger partial charge in [-0.05, 0) is 116 Å². The molecule has 4 aromatic rings. The first-order valence-electron chi connectivity index (χ1n) is 14.6. The fraction of sp³-hybridized carbons (Fsp3) is 0.265. The molecule has 8 nitrogen and oxygen atoms in total. The van der Waals surface area contributed by atoms with Gasteiger partial charge in [0.1, 0.15) is 17.3 Å². The summed E-state index contributed by atoms with van der Waals surface area (Å²) in [5.74, 6) is 0.794. The highest BCUT2D eigenvalue weighted by atomic mass is 32.2. The third-order valence-corrected chi connectivity index (χ3v) is 8.29. The fourth-order valence-corrected chi connectivity index (χ4v) is 5.83. The second-order valence-corrected chi connectivity index (χ2v) is 12.9. The third kappa shape index (κ3) is 8.89. The first kappa shape index (κ1) is 31.2. The number of sulfonamides is 1. The Morgan fingerprint density at radius 1 is 0.886 bits per heavy atom.